The van der Waals surface area contributed by atoms with Crippen molar-refractivity contribution < 1.29 is 13.2 Å². The molecule has 1 fully saturated rings. The van der Waals surface area contributed by atoms with Gasteiger partial charge in [0.25, 0.3) is 0 Å². The van der Waals surface area contributed by atoms with Crippen molar-refractivity contribution in [3.05, 3.63) is 18.3 Å². The summed E-state index contributed by atoms with van der Waals surface area (Å²) in [5, 5.41) is 0. The average molecular weight is 298 g/mol. The molecule has 8 heteroatoms. The summed E-state index contributed by atoms with van der Waals surface area (Å²) < 4.78 is 24.6. The molecule has 0 bridgehead atoms. The molecule has 0 aromatic carbocycles. The Morgan fingerprint density at radius 2 is 1.90 bits per heavy atom. The van der Waals surface area contributed by atoms with Gasteiger partial charge < -0.3 is 9.80 Å². The largest absolute Gasteiger partial charge is 0.353 e. The van der Waals surface area contributed by atoms with Crippen molar-refractivity contribution in [2.45, 2.75) is 6.92 Å². The molecule has 0 spiro atoms. The molecule has 0 radical (unpaired) electrons. The third-order valence-electron chi connectivity index (χ3n) is 3.10. The Kier molecular flexibility index (Phi) is 4.12. The zero-order chi connectivity index (χ0) is 14.8. The highest BCUT2D eigenvalue weighted by Crippen LogP contribution is 2.16. The maximum Gasteiger partial charge on any atom is 0.229 e. The number of aromatic nitrogens is 1. The Morgan fingerprint density at radius 3 is 2.35 bits per heavy atom. The number of nitrogens with zero attached hydrogens (tertiary/aromatic N) is 3. The third-order valence-corrected chi connectivity index (χ3v) is 3.71. The summed E-state index contributed by atoms with van der Waals surface area (Å²) in [5.41, 5.74) is 0.443. The van der Waals surface area contributed by atoms with Crippen molar-refractivity contribution >= 4 is 27.4 Å². The van der Waals surface area contributed by atoms with Gasteiger partial charge in [0.1, 0.15) is 5.82 Å². The standard InChI is InChI=1S/C12H18N4O3S/c1-10(17)15-5-7-16(8-6-15)12-4-3-11(9-13-12)14-20(2,18)19/h3-4,9,14H,5-8H2,1-2H3. The topological polar surface area (TPSA) is 82.6 Å². The lowest BCUT2D eigenvalue weighted by Gasteiger charge is -2.34. The van der Waals surface area contributed by atoms with Gasteiger partial charge in [-0.3, -0.25) is 9.52 Å². The van der Waals surface area contributed by atoms with Gasteiger partial charge in [-0.2, -0.15) is 0 Å². The van der Waals surface area contributed by atoms with E-state index in [0.29, 0.717) is 18.8 Å². The highest BCUT2D eigenvalue weighted by atomic mass is 32.2. The first-order chi connectivity index (χ1) is 9.35. The minimum atomic E-state index is -3.28. The van der Waals surface area contributed by atoms with E-state index in [9.17, 15) is 13.2 Å². The number of carbonyl (C=O) groups excluding carboxylic acids is 1. The van der Waals surface area contributed by atoms with E-state index in [1.807, 2.05) is 0 Å². The molecule has 1 aromatic rings. The minimum Gasteiger partial charge on any atom is -0.353 e. The van der Waals surface area contributed by atoms with Crippen molar-refractivity contribution in [1.82, 2.24) is 9.88 Å². The maximum absolute atomic E-state index is 11.2. The number of pyridine rings is 1. The lowest BCUT2D eigenvalue weighted by atomic mass is 10.3. The quantitative estimate of drug-likeness (QED) is 0.857. The molecular weight excluding hydrogens is 280 g/mol. The van der Waals surface area contributed by atoms with Gasteiger partial charge in [-0.05, 0) is 12.1 Å². The van der Waals surface area contributed by atoms with Gasteiger partial charge in [0.05, 0.1) is 18.1 Å². The van der Waals surface area contributed by atoms with Crippen LogP contribution in [0.4, 0.5) is 11.5 Å². The van der Waals surface area contributed by atoms with Crippen molar-refractivity contribution in [1.29, 1.82) is 0 Å². The fraction of sp³-hybridized carbons (Fsp3) is 0.500. The Labute approximate surface area is 118 Å². The monoisotopic (exact) mass is 298 g/mol. The van der Waals surface area contributed by atoms with Crippen LogP contribution in [-0.2, 0) is 14.8 Å². The third kappa shape index (κ3) is 3.83. The Hall–Kier alpha value is -1.83. The summed E-state index contributed by atoms with van der Waals surface area (Å²) >= 11 is 0. The predicted molar refractivity (Wildman–Crippen MR) is 77.2 cm³/mol. The summed E-state index contributed by atoms with van der Waals surface area (Å²) in [6, 6.07) is 3.46. The van der Waals surface area contributed by atoms with Crippen LogP contribution in [0.5, 0.6) is 0 Å². The smallest absolute Gasteiger partial charge is 0.229 e. The number of carbonyl (C=O) groups is 1. The zero-order valence-electron chi connectivity index (χ0n) is 11.5. The van der Waals surface area contributed by atoms with Crippen molar-refractivity contribution in [3.63, 3.8) is 0 Å². The molecule has 0 unspecified atom stereocenters. The zero-order valence-corrected chi connectivity index (χ0v) is 12.4. The molecule has 110 valence electrons. The molecule has 7 nitrogen and oxygen atoms in total. The molecule has 0 saturated carbocycles. The average Bonchev–Trinajstić information content (AvgIpc) is 2.38. The lowest BCUT2D eigenvalue weighted by Crippen LogP contribution is -2.48. The van der Waals surface area contributed by atoms with Crippen LogP contribution in [-0.4, -0.2) is 56.6 Å². The number of rotatable bonds is 3. The number of nitrogens with one attached hydrogen (secondary N) is 1. The number of hydrogen-bond donors (Lipinski definition) is 1. The first kappa shape index (κ1) is 14.6. The summed E-state index contributed by atoms with van der Waals surface area (Å²) in [4.78, 5) is 19.4. The molecule has 1 N–H and O–H groups in total. The van der Waals surface area contributed by atoms with E-state index in [1.165, 1.54) is 6.20 Å². The van der Waals surface area contributed by atoms with Crippen LogP contribution in [0.2, 0.25) is 0 Å². The van der Waals surface area contributed by atoms with Crippen LogP contribution in [0, 0.1) is 0 Å². The van der Waals surface area contributed by atoms with Crippen molar-refractivity contribution in [3.8, 4) is 0 Å². The van der Waals surface area contributed by atoms with Crippen LogP contribution >= 0.6 is 0 Å². The number of sulfonamides is 1. The van der Waals surface area contributed by atoms with E-state index >= 15 is 0 Å². The van der Waals surface area contributed by atoms with Crippen molar-refractivity contribution in [2.24, 2.45) is 0 Å². The molecule has 2 rings (SSSR count). The van der Waals surface area contributed by atoms with E-state index < -0.39 is 10.0 Å². The van der Waals surface area contributed by atoms with Crippen LogP contribution in [0.1, 0.15) is 6.92 Å². The van der Waals surface area contributed by atoms with E-state index in [0.717, 1.165) is 25.2 Å². The molecule has 1 aliphatic rings. The molecule has 0 aliphatic carbocycles. The number of hydrogen-bond acceptors (Lipinski definition) is 5. The first-order valence-electron chi connectivity index (χ1n) is 6.29. The summed E-state index contributed by atoms with van der Waals surface area (Å²) in [5.74, 6) is 0.873. The molecule has 1 aliphatic heterocycles. The Morgan fingerprint density at radius 1 is 1.25 bits per heavy atom. The van der Waals surface area contributed by atoms with Crippen LogP contribution in [0.15, 0.2) is 18.3 Å². The lowest BCUT2D eigenvalue weighted by molar-refractivity contribution is -0.129. The second-order valence-electron chi connectivity index (χ2n) is 4.77. The highest BCUT2D eigenvalue weighted by molar-refractivity contribution is 7.92. The van der Waals surface area contributed by atoms with E-state index in [2.05, 4.69) is 14.6 Å². The van der Waals surface area contributed by atoms with Gasteiger partial charge in [0.15, 0.2) is 0 Å². The summed E-state index contributed by atoms with van der Waals surface area (Å²) in [6.07, 6.45) is 2.59. The van der Waals surface area contributed by atoms with Gasteiger partial charge in [0, 0.05) is 33.1 Å². The Bertz CT molecular complexity index is 577. The molecule has 20 heavy (non-hydrogen) atoms. The van der Waals surface area contributed by atoms with Gasteiger partial charge in [0.2, 0.25) is 15.9 Å². The Balaban J connectivity index is 1.99. The van der Waals surface area contributed by atoms with Crippen molar-refractivity contribution in [2.75, 3.05) is 42.1 Å². The van der Waals surface area contributed by atoms with Gasteiger partial charge in [-0.15, -0.1) is 0 Å². The highest BCUT2D eigenvalue weighted by Gasteiger charge is 2.19. The van der Waals surface area contributed by atoms with E-state index in [4.69, 9.17) is 0 Å². The van der Waals surface area contributed by atoms with Gasteiger partial charge in [-0.1, -0.05) is 0 Å². The molecule has 1 aromatic heterocycles. The fourth-order valence-corrected chi connectivity index (χ4v) is 2.65. The first-order valence-corrected chi connectivity index (χ1v) is 8.18. The maximum atomic E-state index is 11.2. The molecule has 0 atom stereocenters. The van der Waals surface area contributed by atoms with Crippen LogP contribution < -0.4 is 9.62 Å². The number of amides is 1. The number of piperazine rings is 1. The van der Waals surface area contributed by atoms with E-state index in [-0.39, 0.29) is 5.91 Å². The molecule has 2 heterocycles. The summed E-state index contributed by atoms with van der Waals surface area (Å²) in [7, 11) is -3.28. The van der Waals surface area contributed by atoms with Crippen LogP contribution in [0.25, 0.3) is 0 Å². The van der Waals surface area contributed by atoms with E-state index in [1.54, 1.807) is 24.0 Å². The molecular formula is C12H18N4O3S. The fourth-order valence-electron chi connectivity index (χ4n) is 2.10. The second kappa shape index (κ2) is 5.66. The molecule has 1 amide bonds. The van der Waals surface area contributed by atoms with Gasteiger partial charge >= 0.3 is 0 Å². The summed E-state index contributed by atoms with van der Waals surface area (Å²) in [6.45, 7) is 4.39. The second-order valence-corrected chi connectivity index (χ2v) is 6.52. The van der Waals surface area contributed by atoms with Gasteiger partial charge in [-0.25, -0.2) is 13.4 Å². The normalized spacial score (nSPS) is 16.1. The molecule has 1 saturated heterocycles. The van der Waals surface area contributed by atoms with Crippen LogP contribution in [0.3, 0.4) is 0 Å². The minimum absolute atomic E-state index is 0.0882. The number of anilines is 2. The SMILES string of the molecule is CC(=O)N1CCN(c2ccc(NS(C)(=O)=O)cn2)CC1. The predicted octanol–water partition coefficient (Wildman–Crippen LogP) is 0.122.